The zero-order valence-electron chi connectivity index (χ0n) is 18.4. The number of methoxy groups -OCH3 is 1. The molecule has 30 heavy (non-hydrogen) atoms. The Balaban J connectivity index is 1.66. The molecule has 2 aromatic rings. The highest BCUT2D eigenvalue weighted by molar-refractivity contribution is 5.85. The zero-order chi connectivity index (χ0) is 21.8. The van der Waals surface area contributed by atoms with Gasteiger partial charge in [0.2, 0.25) is 0 Å². The van der Waals surface area contributed by atoms with E-state index in [0.717, 1.165) is 17.0 Å². The molecule has 0 aromatic heterocycles. The summed E-state index contributed by atoms with van der Waals surface area (Å²) < 4.78 is 11.4. The minimum absolute atomic E-state index is 0.103. The van der Waals surface area contributed by atoms with Gasteiger partial charge in [-0.15, -0.1) is 0 Å². The Hall–Kier alpha value is -2.41. The van der Waals surface area contributed by atoms with Crippen LogP contribution < -0.4 is 4.74 Å². The average Bonchev–Trinajstić information content (AvgIpc) is 2.82. The summed E-state index contributed by atoms with van der Waals surface area (Å²) in [5.41, 5.74) is 0.889. The predicted octanol–water partition coefficient (Wildman–Crippen LogP) is 5.11. The molecule has 2 fully saturated rings. The Morgan fingerprint density at radius 3 is 2.30 bits per heavy atom. The van der Waals surface area contributed by atoms with E-state index in [2.05, 4.69) is 39.6 Å². The van der Waals surface area contributed by atoms with E-state index in [1.54, 1.807) is 19.4 Å². The van der Waals surface area contributed by atoms with E-state index in [1.165, 1.54) is 0 Å². The first-order valence-corrected chi connectivity index (χ1v) is 10.1. The van der Waals surface area contributed by atoms with Gasteiger partial charge in [0.05, 0.1) is 19.4 Å². The number of phenols is 1. The summed E-state index contributed by atoms with van der Waals surface area (Å²) in [6.45, 7) is 11.1. The second-order valence-electron chi connectivity index (χ2n) is 9.62. The lowest BCUT2D eigenvalue weighted by Gasteiger charge is -2.61. The van der Waals surface area contributed by atoms with Crippen molar-refractivity contribution in [3.05, 3.63) is 53.6 Å². The molecule has 160 valence electrons. The van der Waals surface area contributed by atoms with Gasteiger partial charge in [0.15, 0.2) is 5.60 Å². The number of phenolic OH excluding ortho intramolecular Hbond substituents is 1. The van der Waals surface area contributed by atoms with Crippen molar-refractivity contribution in [1.82, 2.24) is 0 Å². The minimum Gasteiger partial charge on any atom is -0.507 e. The first-order valence-electron chi connectivity index (χ1n) is 10.1. The third-order valence-corrected chi connectivity index (χ3v) is 6.23. The van der Waals surface area contributed by atoms with Crippen LogP contribution in [0, 0.1) is 10.8 Å². The summed E-state index contributed by atoms with van der Waals surface area (Å²) in [7, 11) is 1.62. The molecule has 4 rings (SSSR count). The lowest BCUT2D eigenvalue weighted by Crippen LogP contribution is -2.73. The van der Waals surface area contributed by atoms with Gasteiger partial charge < -0.3 is 14.6 Å². The zero-order valence-corrected chi connectivity index (χ0v) is 18.4. The summed E-state index contributed by atoms with van der Waals surface area (Å²) in [6.07, 6.45) is 1.63. The Morgan fingerprint density at radius 1 is 1.07 bits per heavy atom. The van der Waals surface area contributed by atoms with Crippen LogP contribution in [0.2, 0.25) is 0 Å². The van der Waals surface area contributed by atoms with Crippen LogP contribution in [0.1, 0.15) is 45.7 Å². The van der Waals surface area contributed by atoms with Crippen LogP contribution in [0.4, 0.5) is 5.69 Å². The molecule has 0 amide bonds. The number of ether oxygens (including phenoxy) is 2. The van der Waals surface area contributed by atoms with Crippen molar-refractivity contribution in [2.75, 3.05) is 13.7 Å². The quantitative estimate of drug-likeness (QED) is 0.559. The number of benzene rings is 2. The second-order valence-corrected chi connectivity index (χ2v) is 9.62. The minimum atomic E-state index is -1.06. The van der Waals surface area contributed by atoms with E-state index < -0.39 is 11.4 Å². The number of fused-ring (bicyclic) bond motifs is 1. The van der Waals surface area contributed by atoms with Crippen molar-refractivity contribution < 1.29 is 24.4 Å². The summed E-state index contributed by atoms with van der Waals surface area (Å²) in [5, 5.41) is 10.7. The largest absolute Gasteiger partial charge is 0.507 e. The van der Waals surface area contributed by atoms with Crippen molar-refractivity contribution in [3.63, 3.8) is 0 Å². The summed E-state index contributed by atoms with van der Waals surface area (Å²) in [6, 6.07) is 12.8. The molecule has 2 aliphatic heterocycles. The van der Waals surface area contributed by atoms with E-state index in [4.69, 9.17) is 19.2 Å². The third-order valence-electron chi connectivity index (χ3n) is 6.23. The fraction of sp³-hybridized carbons (Fsp3) is 0.458. The summed E-state index contributed by atoms with van der Waals surface area (Å²) in [4.78, 5) is 15.9. The molecular weight excluding hydrogens is 382 g/mol. The normalized spacial score (nSPS) is 27.7. The number of nitrogens with zero attached hydrogens (tertiary/aromatic N) is 1. The van der Waals surface area contributed by atoms with Gasteiger partial charge >= 0.3 is 0 Å². The fourth-order valence-corrected chi connectivity index (χ4v) is 4.91. The van der Waals surface area contributed by atoms with E-state index in [9.17, 15) is 5.11 Å². The summed E-state index contributed by atoms with van der Waals surface area (Å²) in [5.74, 6) is -0.187. The molecule has 2 saturated heterocycles. The van der Waals surface area contributed by atoms with Crippen molar-refractivity contribution in [3.8, 4) is 11.5 Å². The second kappa shape index (κ2) is 6.80. The first-order chi connectivity index (χ1) is 14.1. The van der Waals surface area contributed by atoms with E-state index in [0.29, 0.717) is 12.2 Å². The number of hydrogen-bond donors (Lipinski definition) is 1. The van der Waals surface area contributed by atoms with Gasteiger partial charge in [0.1, 0.15) is 11.5 Å². The fourth-order valence-electron chi connectivity index (χ4n) is 4.91. The number of rotatable bonds is 4. The van der Waals surface area contributed by atoms with Crippen LogP contribution in [0.25, 0.3) is 0 Å². The van der Waals surface area contributed by atoms with E-state index >= 15 is 0 Å². The predicted molar refractivity (Wildman–Crippen MR) is 114 cm³/mol. The molecule has 0 spiro atoms. The Bertz CT molecular complexity index is 976. The molecule has 2 atom stereocenters. The van der Waals surface area contributed by atoms with Crippen molar-refractivity contribution in [2.45, 2.75) is 46.0 Å². The average molecular weight is 411 g/mol. The molecular formula is C24H29NO5. The molecule has 6 heteroatoms. The smallest absolute Gasteiger partial charge is 0.261 e. The van der Waals surface area contributed by atoms with E-state index in [1.807, 2.05) is 36.4 Å². The molecule has 2 unspecified atom stereocenters. The molecule has 0 radical (unpaired) electrons. The lowest BCUT2D eigenvalue weighted by atomic mass is 9.57. The van der Waals surface area contributed by atoms with Gasteiger partial charge in [-0.2, -0.15) is 4.89 Å². The van der Waals surface area contributed by atoms with Crippen LogP contribution in [0.5, 0.6) is 11.5 Å². The number of aromatic hydroxyl groups is 1. The highest BCUT2D eigenvalue weighted by Gasteiger charge is 2.81. The molecule has 2 heterocycles. The van der Waals surface area contributed by atoms with Crippen LogP contribution >= 0.6 is 0 Å². The van der Waals surface area contributed by atoms with Crippen LogP contribution in [-0.2, 0) is 20.3 Å². The first kappa shape index (κ1) is 20.8. The maximum Gasteiger partial charge on any atom is 0.261 e. The summed E-state index contributed by atoms with van der Waals surface area (Å²) >= 11 is 0. The molecule has 0 saturated carbocycles. The standard InChI is InChI=1S/C24H29NO5/c1-21(2,3)24-22(4,5)15-28-23(24,29-30-24)17-8-7-16(20(26)13-17)14-25-18-9-11-19(27-6)12-10-18/h7-14,26H,15H2,1-6H3. The van der Waals surface area contributed by atoms with Gasteiger partial charge in [-0.3, -0.25) is 4.99 Å². The van der Waals surface area contributed by atoms with Crippen LogP contribution in [0.15, 0.2) is 47.5 Å². The molecule has 1 N–H and O–H groups in total. The Morgan fingerprint density at radius 2 is 1.77 bits per heavy atom. The van der Waals surface area contributed by atoms with Crippen molar-refractivity contribution in [2.24, 2.45) is 15.8 Å². The van der Waals surface area contributed by atoms with Gasteiger partial charge in [-0.1, -0.05) is 40.7 Å². The van der Waals surface area contributed by atoms with Gasteiger partial charge in [0.25, 0.3) is 5.79 Å². The number of hydrogen-bond acceptors (Lipinski definition) is 6. The van der Waals surface area contributed by atoms with Gasteiger partial charge in [-0.25, -0.2) is 4.89 Å². The number of aliphatic imine (C=N–C) groups is 1. The van der Waals surface area contributed by atoms with Crippen LogP contribution in [0.3, 0.4) is 0 Å². The molecule has 2 aromatic carbocycles. The topological polar surface area (TPSA) is 69.5 Å². The highest BCUT2D eigenvalue weighted by atomic mass is 17.3. The Labute approximate surface area is 177 Å². The van der Waals surface area contributed by atoms with Crippen molar-refractivity contribution >= 4 is 11.9 Å². The van der Waals surface area contributed by atoms with Gasteiger partial charge in [0, 0.05) is 28.2 Å². The molecule has 0 bridgehead atoms. The Kier molecular flexibility index (Phi) is 4.73. The van der Waals surface area contributed by atoms with Gasteiger partial charge in [-0.05, 0) is 36.4 Å². The van der Waals surface area contributed by atoms with Crippen LogP contribution in [-0.4, -0.2) is 30.6 Å². The molecule has 0 aliphatic carbocycles. The maximum atomic E-state index is 10.7. The third kappa shape index (κ3) is 2.78. The highest BCUT2D eigenvalue weighted by Crippen LogP contribution is 2.69. The molecule has 6 nitrogen and oxygen atoms in total. The SMILES string of the molecule is COc1ccc(N=Cc2ccc(C34OCC(C)(C)C3(C(C)(C)C)OO4)cc2O)cc1. The molecule has 2 aliphatic rings. The van der Waals surface area contributed by atoms with E-state index in [-0.39, 0.29) is 16.6 Å². The monoisotopic (exact) mass is 411 g/mol. The maximum absolute atomic E-state index is 10.7. The van der Waals surface area contributed by atoms with Crippen molar-refractivity contribution in [1.29, 1.82) is 0 Å². The lowest BCUT2D eigenvalue weighted by molar-refractivity contribution is -0.626.